The number of para-hydroxylation sites is 1. The first-order valence-electron chi connectivity index (χ1n) is 10.5. The van der Waals surface area contributed by atoms with E-state index in [-0.39, 0.29) is 18.0 Å². The molecule has 5 heteroatoms. The van der Waals surface area contributed by atoms with Gasteiger partial charge in [-0.1, -0.05) is 72.3 Å². The molecule has 2 unspecified atom stereocenters. The van der Waals surface area contributed by atoms with Gasteiger partial charge in [-0.3, -0.25) is 4.79 Å². The predicted octanol–water partition coefficient (Wildman–Crippen LogP) is 5.40. The standard InChI is InChI=1S/C26H26ClN3O/c1-18(20-9-3-2-4-10-20)30-26(31)25(28-16-19-8-7-11-22(27)14-19)15-21-17-29-24-13-6-5-12-23(21)24/h2-14,17-18,25,28-29H,15-16H2,1H3,(H,30,31). The summed E-state index contributed by atoms with van der Waals surface area (Å²) in [5.41, 5.74) is 4.31. The van der Waals surface area contributed by atoms with E-state index in [2.05, 4.69) is 21.7 Å². The van der Waals surface area contributed by atoms with Crippen LogP contribution in [-0.2, 0) is 17.8 Å². The van der Waals surface area contributed by atoms with Crippen LogP contribution in [0, 0.1) is 0 Å². The molecular weight excluding hydrogens is 406 g/mol. The van der Waals surface area contributed by atoms with Gasteiger partial charge in [0.25, 0.3) is 0 Å². The Hall–Kier alpha value is -3.08. The van der Waals surface area contributed by atoms with Crippen LogP contribution >= 0.6 is 11.6 Å². The van der Waals surface area contributed by atoms with Crippen molar-refractivity contribution in [1.82, 2.24) is 15.6 Å². The van der Waals surface area contributed by atoms with Crippen molar-refractivity contribution in [2.45, 2.75) is 32.0 Å². The van der Waals surface area contributed by atoms with Crippen LogP contribution in [0.15, 0.2) is 85.1 Å². The Kier molecular flexibility index (Phi) is 6.70. The van der Waals surface area contributed by atoms with Gasteiger partial charge in [0.15, 0.2) is 0 Å². The van der Waals surface area contributed by atoms with Gasteiger partial charge in [-0.15, -0.1) is 0 Å². The molecule has 0 aliphatic heterocycles. The van der Waals surface area contributed by atoms with Crippen LogP contribution < -0.4 is 10.6 Å². The zero-order chi connectivity index (χ0) is 21.6. The minimum atomic E-state index is -0.385. The number of aromatic nitrogens is 1. The quantitative estimate of drug-likeness (QED) is 0.350. The molecule has 1 heterocycles. The molecule has 0 saturated heterocycles. The van der Waals surface area contributed by atoms with Gasteiger partial charge in [-0.05, 0) is 48.2 Å². The number of H-pyrrole nitrogens is 1. The molecule has 4 aromatic rings. The molecule has 158 valence electrons. The van der Waals surface area contributed by atoms with Gasteiger partial charge < -0.3 is 15.6 Å². The van der Waals surface area contributed by atoms with Crippen LogP contribution in [-0.4, -0.2) is 16.9 Å². The largest absolute Gasteiger partial charge is 0.361 e. The Balaban J connectivity index is 1.53. The maximum absolute atomic E-state index is 13.3. The summed E-state index contributed by atoms with van der Waals surface area (Å²) in [5.74, 6) is -0.0244. The van der Waals surface area contributed by atoms with Crippen molar-refractivity contribution < 1.29 is 4.79 Å². The molecule has 1 aromatic heterocycles. The topological polar surface area (TPSA) is 56.9 Å². The van der Waals surface area contributed by atoms with Crippen molar-refractivity contribution in [2.75, 3.05) is 0 Å². The zero-order valence-corrected chi connectivity index (χ0v) is 18.2. The second-order valence-corrected chi connectivity index (χ2v) is 8.20. The highest BCUT2D eigenvalue weighted by Gasteiger charge is 2.22. The Morgan fingerprint density at radius 2 is 1.77 bits per heavy atom. The Labute approximate surface area is 187 Å². The van der Waals surface area contributed by atoms with Crippen molar-refractivity contribution in [3.05, 3.63) is 107 Å². The molecule has 4 nitrogen and oxygen atoms in total. The molecule has 2 atom stereocenters. The maximum Gasteiger partial charge on any atom is 0.237 e. The molecule has 4 rings (SSSR count). The third-order valence-corrected chi connectivity index (χ3v) is 5.75. The summed E-state index contributed by atoms with van der Waals surface area (Å²) in [5, 5.41) is 8.43. The van der Waals surface area contributed by atoms with Crippen molar-refractivity contribution in [2.24, 2.45) is 0 Å². The summed E-state index contributed by atoms with van der Waals surface area (Å²) in [7, 11) is 0. The molecule has 1 amide bonds. The van der Waals surface area contributed by atoms with Crippen LogP contribution in [0.2, 0.25) is 5.02 Å². The molecule has 0 saturated carbocycles. The van der Waals surface area contributed by atoms with E-state index in [1.54, 1.807) is 0 Å². The number of halogens is 1. The zero-order valence-electron chi connectivity index (χ0n) is 17.4. The summed E-state index contributed by atoms with van der Waals surface area (Å²) < 4.78 is 0. The molecule has 0 spiro atoms. The summed E-state index contributed by atoms with van der Waals surface area (Å²) in [6.45, 7) is 2.56. The number of rotatable bonds is 8. The summed E-state index contributed by atoms with van der Waals surface area (Å²) in [6.07, 6.45) is 2.57. The van der Waals surface area contributed by atoms with E-state index in [9.17, 15) is 4.79 Å². The van der Waals surface area contributed by atoms with E-state index in [4.69, 9.17) is 11.6 Å². The van der Waals surface area contributed by atoms with Gasteiger partial charge in [-0.25, -0.2) is 0 Å². The van der Waals surface area contributed by atoms with Gasteiger partial charge >= 0.3 is 0 Å². The number of benzene rings is 3. The fourth-order valence-electron chi connectivity index (χ4n) is 3.80. The van der Waals surface area contributed by atoms with Gasteiger partial charge in [0.2, 0.25) is 5.91 Å². The predicted molar refractivity (Wildman–Crippen MR) is 127 cm³/mol. The summed E-state index contributed by atoms with van der Waals surface area (Å²) >= 11 is 6.13. The molecular formula is C26H26ClN3O. The molecule has 3 aromatic carbocycles. The van der Waals surface area contributed by atoms with E-state index in [0.29, 0.717) is 18.0 Å². The van der Waals surface area contributed by atoms with E-state index in [1.165, 1.54) is 0 Å². The average molecular weight is 432 g/mol. The summed E-state index contributed by atoms with van der Waals surface area (Å²) in [6, 6.07) is 25.4. The SMILES string of the molecule is CC(NC(=O)C(Cc1c[nH]c2ccccc12)NCc1cccc(Cl)c1)c1ccccc1. The van der Waals surface area contributed by atoms with Crippen LogP contribution in [0.25, 0.3) is 10.9 Å². The highest BCUT2D eigenvalue weighted by Crippen LogP contribution is 2.20. The second-order valence-electron chi connectivity index (χ2n) is 7.77. The molecule has 0 aliphatic rings. The highest BCUT2D eigenvalue weighted by molar-refractivity contribution is 6.30. The molecule has 0 aliphatic carbocycles. The minimum Gasteiger partial charge on any atom is -0.361 e. The normalized spacial score (nSPS) is 13.1. The van der Waals surface area contributed by atoms with Gasteiger partial charge in [0, 0.05) is 28.7 Å². The summed E-state index contributed by atoms with van der Waals surface area (Å²) in [4.78, 5) is 16.6. The smallest absolute Gasteiger partial charge is 0.237 e. The lowest BCUT2D eigenvalue weighted by atomic mass is 10.0. The first-order valence-corrected chi connectivity index (χ1v) is 10.9. The third kappa shape index (κ3) is 5.35. The van der Waals surface area contributed by atoms with Gasteiger partial charge in [0.05, 0.1) is 12.1 Å². The first kappa shape index (κ1) is 21.2. The molecule has 0 bridgehead atoms. The van der Waals surface area contributed by atoms with Gasteiger partial charge in [0.1, 0.15) is 0 Å². The van der Waals surface area contributed by atoms with E-state index < -0.39 is 0 Å². The monoisotopic (exact) mass is 431 g/mol. The van der Waals surface area contributed by atoms with Crippen molar-refractivity contribution >= 4 is 28.4 Å². The van der Waals surface area contributed by atoms with Crippen molar-refractivity contribution in [3.8, 4) is 0 Å². The van der Waals surface area contributed by atoms with Crippen LogP contribution in [0.4, 0.5) is 0 Å². The Morgan fingerprint density at radius 1 is 1.00 bits per heavy atom. The van der Waals surface area contributed by atoms with Crippen LogP contribution in [0.5, 0.6) is 0 Å². The van der Waals surface area contributed by atoms with Crippen molar-refractivity contribution in [1.29, 1.82) is 0 Å². The van der Waals surface area contributed by atoms with Gasteiger partial charge in [-0.2, -0.15) is 0 Å². The fraction of sp³-hybridized carbons (Fsp3) is 0.192. The number of carbonyl (C=O) groups is 1. The number of hydrogen-bond donors (Lipinski definition) is 3. The highest BCUT2D eigenvalue weighted by atomic mass is 35.5. The lowest BCUT2D eigenvalue weighted by molar-refractivity contribution is -0.123. The number of nitrogens with one attached hydrogen (secondary N) is 3. The van der Waals surface area contributed by atoms with Crippen LogP contribution in [0.3, 0.4) is 0 Å². The number of aromatic amines is 1. The number of fused-ring (bicyclic) bond motifs is 1. The van der Waals surface area contributed by atoms with Crippen LogP contribution in [0.1, 0.15) is 29.7 Å². The first-order chi connectivity index (χ1) is 15.1. The minimum absolute atomic E-state index is 0.0244. The van der Waals surface area contributed by atoms with E-state index >= 15 is 0 Å². The molecule has 31 heavy (non-hydrogen) atoms. The maximum atomic E-state index is 13.3. The second kappa shape index (κ2) is 9.82. The Morgan fingerprint density at radius 3 is 2.58 bits per heavy atom. The number of hydrogen-bond acceptors (Lipinski definition) is 2. The van der Waals surface area contributed by atoms with E-state index in [0.717, 1.165) is 27.6 Å². The van der Waals surface area contributed by atoms with E-state index in [1.807, 2.05) is 85.9 Å². The molecule has 0 fully saturated rings. The lowest BCUT2D eigenvalue weighted by Crippen LogP contribution is -2.46. The third-order valence-electron chi connectivity index (χ3n) is 5.52. The number of amides is 1. The Bertz CT molecular complexity index is 1160. The molecule has 0 radical (unpaired) electrons. The lowest BCUT2D eigenvalue weighted by Gasteiger charge is -2.22. The number of carbonyl (C=O) groups excluding carboxylic acids is 1. The average Bonchev–Trinajstić information content (AvgIpc) is 3.20. The fourth-order valence-corrected chi connectivity index (χ4v) is 4.02. The van der Waals surface area contributed by atoms with Crippen molar-refractivity contribution in [3.63, 3.8) is 0 Å². The molecule has 3 N–H and O–H groups in total.